The molecule has 4 rings (SSSR count). The average Bonchev–Trinajstić information content (AvgIpc) is 2.97. The molecule has 2 heterocycles. The van der Waals surface area contributed by atoms with Gasteiger partial charge in [-0.3, -0.25) is 0 Å². The number of hydrogen-bond acceptors (Lipinski definition) is 0. The lowest BCUT2D eigenvalue weighted by molar-refractivity contribution is -0.401. The Kier molecular flexibility index (Phi) is 3.02. The van der Waals surface area contributed by atoms with E-state index in [2.05, 4.69) is 91.7 Å². The van der Waals surface area contributed by atoms with E-state index in [1.54, 1.807) is 0 Å². The molecule has 0 unspecified atom stereocenters. The summed E-state index contributed by atoms with van der Waals surface area (Å²) < 4.78 is 4.56. The second kappa shape index (κ2) is 4.95. The highest BCUT2D eigenvalue weighted by atomic mass is 15.0. The van der Waals surface area contributed by atoms with Crippen molar-refractivity contribution in [3.05, 3.63) is 65.4 Å². The van der Waals surface area contributed by atoms with E-state index in [-0.39, 0.29) is 0 Å². The molecule has 1 aromatic heterocycles. The Bertz CT molecular complexity index is 1000. The maximum atomic E-state index is 2.36. The van der Waals surface area contributed by atoms with E-state index in [0.717, 1.165) is 0 Å². The molecule has 0 spiro atoms. The van der Waals surface area contributed by atoms with Gasteiger partial charge in [-0.05, 0) is 25.1 Å². The molecule has 2 heteroatoms. The van der Waals surface area contributed by atoms with Gasteiger partial charge < -0.3 is 4.57 Å². The molecule has 2 aromatic carbocycles. The number of allylic oxidation sites excluding steroid dienone is 1. The number of benzene rings is 2. The van der Waals surface area contributed by atoms with Gasteiger partial charge in [-0.25, -0.2) is 0 Å². The largest absolute Gasteiger partial charge is 0.347 e. The highest BCUT2D eigenvalue weighted by molar-refractivity contribution is 6.28. The molecule has 0 saturated carbocycles. The first-order valence-electron chi connectivity index (χ1n) is 8.02. The van der Waals surface area contributed by atoms with Crippen molar-refractivity contribution >= 4 is 34.0 Å². The minimum atomic E-state index is 1.29. The second-order valence-electron chi connectivity index (χ2n) is 6.29. The number of para-hydroxylation sites is 2. The van der Waals surface area contributed by atoms with Crippen molar-refractivity contribution < 1.29 is 4.58 Å². The lowest BCUT2D eigenvalue weighted by Gasteiger charge is -2.00. The monoisotopic (exact) mass is 301 g/mol. The molecule has 0 amide bonds. The van der Waals surface area contributed by atoms with Crippen molar-refractivity contribution in [2.45, 2.75) is 13.8 Å². The van der Waals surface area contributed by atoms with Gasteiger partial charge in [-0.2, -0.15) is 4.58 Å². The van der Waals surface area contributed by atoms with Crippen LogP contribution in [0.4, 0.5) is 5.69 Å². The number of nitrogens with zero attached hydrogens (tertiary/aromatic N) is 2. The molecule has 3 aromatic rings. The fourth-order valence-corrected chi connectivity index (χ4v) is 3.61. The quantitative estimate of drug-likeness (QED) is 0.572. The lowest BCUT2D eigenvalue weighted by atomic mass is 9.99. The van der Waals surface area contributed by atoms with Crippen LogP contribution in [0.15, 0.2) is 48.5 Å². The van der Waals surface area contributed by atoms with Crippen molar-refractivity contribution in [1.29, 1.82) is 0 Å². The normalized spacial score (nSPS) is 15.7. The predicted molar refractivity (Wildman–Crippen MR) is 98.5 cm³/mol. The molecule has 0 fully saturated rings. The van der Waals surface area contributed by atoms with Gasteiger partial charge in [0.15, 0.2) is 5.71 Å². The zero-order valence-corrected chi connectivity index (χ0v) is 14.1. The SMILES string of the molecule is CC1=[N+](C)c2ccccc2/C1=C\c1c(C)n(C)c2ccccc12. The topological polar surface area (TPSA) is 7.94 Å². The Labute approximate surface area is 137 Å². The van der Waals surface area contributed by atoms with Crippen LogP contribution < -0.4 is 0 Å². The molecule has 23 heavy (non-hydrogen) atoms. The van der Waals surface area contributed by atoms with Gasteiger partial charge in [0.25, 0.3) is 0 Å². The van der Waals surface area contributed by atoms with E-state index >= 15 is 0 Å². The van der Waals surface area contributed by atoms with Gasteiger partial charge >= 0.3 is 0 Å². The molecule has 0 N–H and O–H groups in total. The summed E-state index contributed by atoms with van der Waals surface area (Å²) in [5, 5.41) is 1.32. The standard InChI is InChI=1S/C21H21N2/c1-14-18(16-9-5-7-11-20(16)22(14)3)13-19-15(2)23(4)21-12-8-6-10-17(19)21/h5-13H,1-4H3/q+1. The number of rotatable bonds is 1. The van der Waals surface area contributed by atoms with Crippen LogP contribution in [0.25, 0.3) is 22.6 Å². The summed E-state index contributed by atoms with van der Waals surface area (Å²) in [5.41, 5.74) is 9.14. The molecule has 0 radical (unpaired) electrons. The first-order valence-corrected chi connectivity index (χ1v) is 8.02. The lowest BCUT2D eigenvalue weighted by Crippen LogP contribution is -2.02. The predicted octanol–water partition coefficient (Wildman–Crippen LogP) is 4.78. The molecule has 0 bridgehead atoms. The van der Waals surface area contributed by atoms with Crippen molar-refractivity contribution in [3.63, 3.8) is 0 Å². The average molecular weight is 301 g/mol. The summed E-state index contributed by atoms with van der Waals surface area (Å²) in [6.07, 6.45) is 2.36. The Morgan fingerprint density at radius 3 is 2.48 bits per heavy atom. The molecular formula is C21H21N2+. The Morgan fingerprint density at radius 1 is 0.957 bits per heavy atom. The highest BCUT2D eigenvalue weighted by Gasteiger charge is 2.29. The van der Waals surface area contributed by atoms with Crippen LogP contribution in [0.5, 0.6) is 0 Å². The van der Waals surface area contributed by atoms with Crippen LogP contribution in [0.1, 0.15) is 23.7 Å². The third kappa shape index (κ3) is 1.91. The first-order chi connectivity index (χ1) is 11.1. The zero-order valence-electron chi connectivity index (χ0n) is 14.1. The van der Waals surface area contributed by atoms with E-state index in [4.69, 9.17) is 0 Å². The van der Waals surface area contributed by atoms with Crippen LogP contribution in [0.2, 0.25) is 0 Å². The van der Waals surface area contributed by atoms with Crippen LogP contribution in [0.3, 0.4) is 0 Å². The highest BCUT2D eigenvalue weighted by Crippen LogP contribution is 2.36. The van der Waals surface area contributed by atoms with E-state index in [1.165, 1.54) is 44.7 Å². The van der Waals surface area contributed by atoms with Crippen molar-refractivity contribution in [3.8, 4) is 0 Å². The Morgan fingerprint density at radius 2 is 1.65 bits per heavy atom. The molecule has 0 atom stereocenters. The van der Waals surface area contributed by atoms with Crippen LogP contribution in [-0.4, -0.2) is 21.9 Å². The van der Waals surface area contributed by atoms with E-state index in [0.29, 0.717) is 0 Å². The van der Waals surface area contributed by atoms with Crippen LogP contribution in [0, 0.1) is 6.92 Å². The van der Waals surface area contributed by atoms with Gasteiger partial charge in [0.05, 0.1) is 11.1 Å². The minimum Gasteiger partial charge on any atom is -0.347 e. The third-order valence-corrected chi connectivity index (χ3v) is 5.19. The molecule has 0 aliphatic carbocycles. The third-order valence-electron chi connectivity index (χ3n) is 5.19. The second-order valence-corrected chi connectivity index (χ2v) is 6.29. The van der Waals surface area contributed by atoms with E-state index in [1.807, 2.05) is 0 Å². The Balaban J connectivity index is 2.01. The van der Waals surface area contributed by atoms with Gasteiger partial charge in [-0.15, -0.1) is 0 Å². The number of aryl methyl sites for hydroxylation is 1. The van der Waals surface area contributed by atoms with E-state index in [9.17, 15) is 0 Å². The van der Waals surface area contributed by atoms with Gasteiger partial charge in [0.1, 0.15) is 7.05 Å². The summed E-state index contributed by atoms with van der Waals surface area (Å²) in [6.45, 7) is 4.40. The fraction of sp³-hybridized carbons (Fsp3) is 0.190. The molecule has 1 aliphatic heterocycles. The van der Waals surface area contributed by atoms with Crippen molar-refractivity contribution in [2.24, 2.45) is 7.05 Å². The smallest absolute Gasteiger partial charge is 0.213 e. The molecule has 0 saturated heterocycles. The van der Waals surface area contributed by atoms with Crippen LogP contribution >= 0.6 is 0 Å². The summed E-state index contributed by atoms with van der Waals surface area (Å²) in [5.74, 6) is 0. The van der Waals surface area contributed by atoms with Crippen LogP contribution in [-0.2, 0) is 7.05 Å². The summed E-state index contributed by atoms with van der Waals surface area (Å²) in [6, 6.07) is 17.3. The van der Waals surface area contributed by atoms with Gasteiger partial charge in [0, 0.05) is 42.2 Å². The van der Waals surface area contributed by atoms with Crippen molar-refractivity contribution in [2.75, 3.05) is 7.05 Å². The molecule has 2 nitrogen and oxygen atoms in total. The molecular weight excluding hydrogens is 280 g/mol. The maximum Gasteiger partial charge on any atom is 0.213 e. The summed E-state index contributed by atoms with van der Waals surface area (Å²) >= 11 is 0. The number of fused-ring (bicyclic) bond motifs is 2. The Hall–Kier alpha value is -2.61. The van der Waals surface area contributed by atoms with Gasteiger partial charge in [-0.1, -0.05) is 30.3 Å². The summed E-state index contributed by atoms with van der Waals surface area (Å²) in [7, 11) is 4.29. The number of hydrogen-bond donors (Lipinski definition) is 0. The minimum absolute atomic E-state index is 1.29. The first kappa shape index (κ1) is 14.0. The summed E-state index contributed by atoms with van der Waals surface area (Å²) in [4.78, 5) is 0. The number of aromatic nitrogens is 1. The molecule has 114 valence electrons. The van der Waals surface area contributed by atoms with Crippen molar-refractivity contribution in [1.82, 2.24) is 4.57 Å². The zero-order chi connectivity index (χ0) is 16.1. The maximum absolute atomic E-state index is 2.36. The van der Waals surface area contributed by atoms with Gasteiger partial charge in [0.2, 0.25) is 5.69 Å². The molecule has 1 aliphatic rings. The van der Waals surface area contributed by atoms with E-state index < -0.39 is 0 Å². The fourth-order valence-electron chi connectivity index (χ4n) is 3.61.